The number of likely N-dealkylation sites (N-methyl/N-ethyl adjacent to an activating group) is 1. The number of halogens is 1. The van der Waals surface area contributed by atoms with Crippen LogP contribution in [0.1, 0.15) is 32.2 Å². The van der Waals surface area contributed by atoms with E-state index >= 15 is 0 Å². The molecule has 0 radical (unpaired) electrons. The van der Waals surface area contributed by atoms with Crippen LogP contribution in [0.5, 0.6) is 0 Å². The first-order chi connectivity index (χ1) is 15.2. The number of quaternary nitrogens is 1. The molecule has 0 spiro atoms. The van der Waals surface area contributed by atoms with Crippen LogP contribution in [-0.4, -0.2) is 60.0 Å². The number of hydrogen-bond donors (Lipinski definition) is 1. The summed E-state index contributed by atoms with van der Waals surface area (Å²) in [6.07, 6.45) is -1.33. The number of morpholine rings is 1. The summed E-state index contributed by atoms with van der Waals surface area (Å²) in [5.41, 5.74) is -2.78. The molecule has 27 heavy (non-hydrogen) atoms. The summed E-state index contributed by atoms with van der Waals surface area (Å²) < 4.78 is 68.7. The third-order valence-electron chi connectivity index (χ3n) is 5.85. The van der Waals surface area contributed by atoms with Gasteiger partial charge < -0.3 is 36.0 Å². The van der Waals surface area contributed by atoms with Crippen LogP contribution < -0.4 is 17.0 Å². The average molecular weight is 479 g/mol. The Bertz CT molecular complexity index is 1120. The van der Waals surface area contributed by atoms with Crippen LogP contribution in [0.3, 0.4) is 0 Å². The highest BCUT2D eigenvalue weighted by Crippen LogP contribution is 2.52. The van der Waals surface area contributed by atoms with Gasteiger partial charge in [-0.15, -0.1) is 22.7 Å². The molecule has 1 N–H and O–H groups in total. The largest absolute Gasteiger partial charge is 1.00 e. The van der Waals surface area contributed by atoms with Gasteiger partial charge in [0.1, 0.15) is 30.4 Å². The van der Waals surface area contributed by atoms with E-state index in [1.54, 1.807) is 0 Å². The van der Waals surface area contributed by atoms with Crippen molar-refractivity contribution >= 4 is 28.6 Å². The molecule has 0 saturated carbocycles. The van der Waals surface area contributed by atoms with E-state index in [-0.39, 0.29) is 74.6 Å². The Labute approximate surface area is 186 Å². The molecule has 146 valence electrons. The van der Waals surface area contributed by atoms with Crippen molar-refractivity contribution in [3.05, 3.63) is 44.6 Å². The van der Waals surface area contributed by atoms with E-state index in [4.69, 9.17) is 19.1 Å². The highest BCUT2D eigenvalue weighted by molar-refractivity contribution is 7.12. The Balaban J connectivity index is 0.00000274. The number of nitrogens with zero attached hydrogens (tertiary/aromatic N) is 1. The molecule has 3 aliphatic heterocycles. The van der Waals surface area contributed by atoms with Crippen LogP contribution in [0.15, 0.2) is 34.9 Å². The van der Waals surface area contributed by atoms with E-state index in [1.807, 2.05) is 0 Å². The second kappa shape index (κ2) is 6.64. The van der Waals surface area contributed by atoms with Gasteiger partial charge in [0.2, 0.25) is 5.60 Å². The first-order valence-corrected chi connectivity index (χ1v) is 9.94. The Morgan fingerprint density at radius 3 is 2.22 bits per heavy atom. The number of rotatable bonds is 4. The van der Waals surface area contributed by atoms with Gasteiger partial charge in [-0.1, -0.05) is 12.1 Å². The van der Waals surface area contributed by atoms with Gasteiger partial charge in [-0.05, 0) is 22.8 Å². The Kier molecular flexibility index (Phi) is 3.13. The summed E-state index contributed by atoms with van der Waals surface area (Å²) in [7, 11) is 4.10. The maximum atomic E-state index is 13.5. The normalized spacial score (nSPS) is 39.4. The van der Waals surface area contributed by atoms with Crippen LogP contribution in [-0.2, 0) is 19.9 Å². The number of fused-ring (bicyclic) bond motifs is 5. The molecule has 0 aromatic carbocycles. The monoisotopic (exact) mass is 478 g/mol. The maximum absolute atomic E-state index is 13.5. The van der Waals surface area contributed by atoms with Gasteiger partial charge in [-0.3, -0.25) is 0 Å². The minimum absolute atomic E-state index is 0. The highest BCUT2D eigenvalue weighted by Gasteiger charge is 2.71. The summed E-state index contributed by atoms with van der Waals surface area (Å²) in [5, 5.41) is 11.0. The van der Waals surface area contributed by atoms with Gasteiger partial charge in [0.05, 0.1) is 33.4 Å². The third-order valence-corrected chi connectivity index (χ3v) is 7.46. The van der Waals surface area contributed by atoms with Crippen molar-refractivity contribution in [3.8, 4) is 0 Å². The molecule has 0 aliphatic carbocycles. The number of ether oxygens (including phenoxy) is 2. The predicted octanol–water partition coefficient (Wildman–Crippen LogP) is -0.650. The minimum Gasteiger partial charge on any atom is -1.00 e. The Hall–Kier alpha value is -0.770. The highest BCUT2D eigenvalue weighted by atomic mass is 79.9. The lowest BCUT2D eigenvalue weighted by atomic mass is 9.95. The molecular weight excluding hydrogens is 450 g/mol. The quantitative estimate of drug-likeness (QED) is 0.360. The standard InChI is InChI=1S/C19H22NO4S2.BrH/c1-20(2)12-9-11(10-13(20)17-16(12)24-17)23-18(21)19(22,14-5-3-7-25-14)15-6-4-8-26-15;/h3-8,11-13,16-17,22H,9-10H2,1-2H3;1H/q+1;/p-1/i3D,4D,5D,6D,7D,8D,11D;. The number of epoxide rings is 1. The van der Waals surface area contributed by atoms with Gasteiger partial charge >= 0.3 is 5.97 Å². The van der Waals surface area contributed by atoms with Crippen molar-refractivity contribution in [3.63, 3.8) is 0 Å². The molecular formula is C19H22BrNO4S2. The summed E-state index contributed by atoms with van der Waals surface area (Å²) in [6, 6.07) is -2.24. The average Bonchev–Trinajstić information content (AvgIpc) is 3.40. The molecule has 4 atom stereocenters. The van der Waals surface area contributed by atoms with Crippen LogP contribution in [0, 0.1) is 0 Å². The lowest BCUT2D eigenvalue weighted by molar-refractivity contribution is -0.938. The second-order valence-corrected chi connectivity index (χ2v) is 9.08. The Morgan fingerprint density at radius 2 is 1.78 bits per heavy atom. The number of aliphatic hydroxyl groups is 1. The number of esters is 1. The first-order valence-electron chi connectivity index (χ1n) is 11.8. The fourth-order valence-corrected chi connectivity index (χ4v) is 5.63. The molecule has 2 bridgehead atoms. The zero-order valence-electron chi connectivity index (χ0n) is 21.5. The van der Waals surface area contributed by atoms with Crippen molar-refractivity contribution in [2.75, 3.05) is 14.1 Å². The Morgan fingerprint density at radius 1 is 1.26 bits per heavy atom. The van der Waals surface area contributed by atoms with Gasteiger partial charge in [-0.25, -0.2) is 4.79 Å². The molecule has 2 aromatic rings. The fraction of sp³-hybridized carbons (Fsp3) is 0.526. The molecule has 4 unspecified atom stereocenters. The van der Waals surface area contributed by atoms with E-state index in [1.165, 1.54) is 0 Å². The molecule has 5 nitrogen and oxygen atoms in total. The summed E-state index contributed by atoms with van der Waals surface area (Å²) in [4.78, 5) is 12.8. The SMILES string of the molecule is [2H]c1sc(C(O)(C(=O)OC2([2H])CC3C4OC4C(C2)[N+]3(C)C)c2sc([2H])c([2H])c2[2H])c([2H])c1[2H].[Br-]. The predicted molar refractivity (Wildman–Crippen MR) is 99.1 cm³/mol. The minimum atomic E-state index is -2.78. The number of thiophene rings is 2. The number of carbonyl (C=O) groups is 1. The number of piperidine rings is 1. The molecule has 5 heterocycles. The van der Waals surface area contributed by atoms with Crippen LogP contribution in [0.2, 0.25) is 0 Å². The lowest BCUT2D eigenvalue weighted by Crippen LogP contribution is -3.00. The fourth-order valence-electron chi connectivity index (χ4n) is 4.29. The smallest absolute Gasteiger partial charge is 0.349 e. The topological polar surface area (TPSA) is 59.1 Å². The van der Waals surface area contributed by atoms with Gasteiger partial charge in [0.25, 0.3) is 0 Å². The van der Waals surface area contributed by atoms with Crippen molar-refractivity contribution in [1.29, 1.82) is 0 Å². The van der Waals surface area contributed by atoms with Crippen molar-refractivity contribution < 1.29 is 50.4 Å². The van der Waals surface area contributed by atoms with Crippen LogP contribution >= 0.6 is 22.7 Å². The van der Waals surface area contributed by atoms with Gasteiger partial charge in [0.15, 0.2) is 0 Å². The molecule has 0 amide bonds. The van der Waals surface area contributed by atoms with E-state index < -0.39 is 41.8 Å². The maximum Gasteiger partial charge on any atom is 0.349 e. The molecule has 3 aliphatic rings. The van der Waals surface area contributed by atoms with Gasteiger partial charge in [0, 0.05) is 12.8 Å². The van der Waals surface area contributed by atoms with Crippen molar-refractivity contribution in [1.82, 2.24) is 0 Å². The molecule has 3 fully saturated rings. The zero-order chi connectivity index (χ0) is 24.2. The van der Waals surface area contributed by atoms with Gasteiger partial charge in [-0.2, -0.15) is 0 Å². The summed E-state index contributed by atoms with van der Waals surface area (Å²) in [6.45, 7) is 0. The third kappa shape index (κ3) is 2.84. The number of hydrogen-bond acceptors (Lipinski definition) is 6. The second-order valence-electron chi connectivity index (χ2n) is 7.44. The van der Waals surface area contributed by atoms with Crippen LogP contribution in [0.4, 0.5) is 0 Å². The van der Waals surface area contributed by atoms with E-state index in [0.29, 0.717) is 27.2 Å². The van der Waals surface area contributed by atoms with E-state index in [2.05, 4.69) is 14.1 Å². The van der Waals surface area contributed by atoms with E-state index in [0.717, 1.165) is 0 Å². The first kappa shape index (κ1) is 12.7. The molecule has 5 rings (SSSR count). The van der Waals surface area contributed by atoms with Crippen LogP contribution in [0.25, 0.3) is 0 Å². The number of carbonyl (C=O) groups excluding carboxylic acids is 1. The lowest BCUT2D eigenvalue weighted by Gasteiger charge is -2.45. The van der Waals surface area contributed by atoms with E-state index in [9.17, 15) is 9.90 Å². The summed E-state index contributed by atoms with van der Waals surface area (Å²) >= 11 is 1.07. The molecule has 3 saturated heterocycles. The molecule has 8 heteroatoms. The summed E-state index contributed by atoms with van der Waals surface area (Å²) in [5.74, 6) is -1.30. The zero-order valence-corrected chi connectivity index (χ0v) is 17.8. The molecule has 2 aromatic heterocycles. The van der Waals surface area contributed by atoms with Crippen molar-refractivity contribution in [2.45, 2.75) is 48.8 Å². The van der Waals surface area contributed by atoms with Crippen molar-refractivity contribution in [2.24, 2.45) is 0 Å².